The van der Waals surface area contributed by atoms with Crippen LogP contribution in [0.5, 0.6) is 0 Å². The summed E-state index contributed by atoms with van der Waals surface area (Å²) < 4.78 is 30.5. The number of hydrogen-bond acceptors (Lipinski definition) is 6. The number of anilines is 1. The van der Waals surface area contributed by atoms with Crippen molar-refractivity contribution < 1.29 is 12.8 Å². The Hall–Kier alpha value is -0.900. The van der Waals surface area contributed by atoms with Crippen LogP contribution in [0, 0.1) is 0 Å². The van der Waals surface area contributed by atoms with Gasteiger partial charge in [-0.1, -0.05) is 0 Å². The summed E-state index contributed by atoms with van der Waals surface area (Å²) in [4.78, 5) is 11.9. The minimum atomic E-state index is -3.20. The summed E-state index contributed by atoms with van der Waals surface area (Å²) >= 11 is 4.63. The van der Waals surface area contributed by atoms with Crippen molar-refractivity contribution in [2.24, 2.45) is 0 Å². The van der Waals surface area contributed by atoms with Crippen molar-refractivity contribution in [3.8, 4) is 0 Å². The fourth-order valence-electron chi connectivity index (χ4n) is 1.50. The summed E-state index contributed by atoms with van der Waals surface area (Å²) in [6, 6.07) is 1.37. The predicted octanol–water partition coefficient (Wildman–Crippen LogP) is 1.92. The van der Waals surface area contributed by atoms with Crippen LogP contribution in [-0.2, 0) is 10.0 Å². The largest absolute Gasteiger partial charge is 0.438 e. The average Bonchev–Trinajstić information content (AvgIpc) is 2.70. The monoisotopic (exact) mass is 380 g/mol. The van der Waals surface area contributed by atoms with Gasteiger partial charge in [-0.3, -0.25) is 4.79 Å². The second kappa shape index (κ2) is 5.84. The van der Waals surface area contributed by atoms with E-state index in [2.05, 4.69) is 21.2 Å². The van der Waals surface area contributed by atoms with Crippen LogP contribution in [0.2, 0.25) is 0 Å². The van der Waals surface area contributed by atoms with E-state index in [1.807, 2.05) is 0 Å². The number of thiophene rings is 1. The highest BCUT2D eigenvalue weighted by molar-refractivity contribution is 9.10. The Bertz CT molecular complexity index is 781. The third-order valence-electron chi connectivity index (χ3n) is 2.69. The maximum Gasteiger partial charge on any atom is 0.211 e. The Labute approximate surface area is 128 Å². The maximum absolute atomic E-state index is 11.9. The molecule has 2 aromatic rings. The molecule has 20 heavy (non-hydrogen) atoms. The van der Waals surface area contributed by atoms with E-state index in [1.165, 1.54) is 28.8 Å². The van der Waals surface area contributed by atoms with Crippen molar-refractivity contribution in [3.05, 3.63) is 26.1 Å². The lowest BCUT2D eigenvalue weighted by Gasteiger charge is -2.14. The lowest BCUT2D eigenvalue weighted by atomic mass is 10.4. The van der Waals surface area contributed by atoms with E-state index in [1.54, 1.807) is 5.38 Å². The summed E-state index contributed by atoms with van der Waals surface area (Å²) in [5.41, 5.74) is 0.377. The molecule has 2 aromatic heterocycles. The molecule has 2 heterocycles. The maximum atomic E-state index is 11.9. The van der Waals surface area contributed by atoms with E-state index in [0.29, 0.717) is 22.7 Å². The van der Waals surface area contributed by atoms with E-state index < -0.39 is 10.0 Å². The quantitative estimate of drug-likeness (QED) is 0.856. The molecule has 0 saturated heterocycles. The van der Waals surface area contributed by atoms with E-state index in [0.717, 1.165) is 10.7 Å². The molecule has 0 aliphatic heterocycles. The van der Waals surface area contributed by atoms with Gasteiger partial charge in [-0.05, 0) is 15.9 Å². The highest BCUT2D eigenvalue weighted by Crippen LogP contribution is 2.29. The van der Waals surface area contributed by atoms with Gasteiger partial charge in [0.05, 0.1) is 10.7 Å². The van der Waals surface area contributed by atoms with Crippen LogP contribution in [0.3, 0.4) is 0 Å². The van der Waals surface area contributed by atoms with Crippen molar-refractivity contribution >= 4 is 53.5 Å². The number of rotatable bonds is 5. The molecule has 0 aromatic carbocycles. The van der Waals surface area contributed by atoms with Gasteiger partial charge in [0.2, 0.25) is 15.5 Å². The zero-order valence-corrected chi connectivity index (χ0v) is 14.1. The van der Waals surface area contributed by atoms with Crippen molar-refractivity contribution in [3.63, 3.8) is 0 Å². The number of sulfonamides is 1. The van der Waals surface area contributed by atoms with Gasteiger partial charge in [0.15, 0.2) is 11.5 Å². The Kier molecular flexibility index (Phi) is 4.52. The van der Waals surface area contributed by atoms with Crippen molar-refractivity contribution in [2.75, 3.05) is 31.7 Å². The first-order chi connectivity index (χ1) is 9.29. The van der Waals surface area contributed by atoms with Crippen LogP contribution in [0.1, 0.15) is 0 Å². The highest BCUT2D eigenvalue weighted by atomic mass is 79.9. The SMILES string of the molecule is CN(CCNc1cc(=O)c2scc(Br)c2o1)S(C)(=O)=O. The third-order valence-corrected chi connectivity index (χ3v) is 5.88. The molecule has 9 heteroatoms. The van der Waals surface area contributed by atoms with E-state index in [-0.39, 0.29) is 12.0 Å². The molecule has 0 spiro atoms. The Morgan fingerprint density at radius 2 is 2.20 bits per heavy atom. The van der Waals surface area contributed by atoms with Crippen LogP contribution in [-0.4, -0.2) is 39.1 Å². The van der Waals surface area contributed by atoms with Gasteiger partial charge in [0, 0.05) is 31.6 Å². The first-order valence-corrected chi connectivity index (χ1v) is 9.17. The molecule has 0 atom stereocenters. The topological polar surface area (TPSA) is 79.6 Å². The van der Waals surface area contributed by atoms with Crippen LogP contribution < -0.4 is 10.7 Å². The summed E-state index contributed by atoms with van der Waals surface area (Å²) in [6.45, 7) is 0.630. The van der Waals surface area contributed by atoms with Crippen molar-refractivity contribution in [1.29, 1.82) is 0 Å². The fourth-order valence-corrected chi connectivity index (χ4v) is 3.38. The van der Waals surface area contributed by atoms with Gasteiger partial charge in [-0.2, -0.15) is 0 Å². The Balaban J connectivity index is 2.11. The van der Waals surface area contributed by atoms with Crippen molar-refractivity contribution in [1.82, 2.24) is 4.31 Å². The first kappa shape index (κ1) is 15.5. The van der Waals surface area contributed by atoms with E-state index >= 15 is 0 Å². The Morgan fingerprint density at radius 3 is 2.85 bits per heavy atom. The average molecular weight is 381 g/mol. The molecular formula is C11H13BrN2O4S2. The number of fused-ring (bicyclic) bond motifs is 1. The predicted molar refractivity (Wildman–Crippen MR) is 84.0 cm³/mol. The molecule has 0 saturated carbocycles. The smallest absolute Gasteiger partial charge is 0.211 e. The van der Waals surface area contributed by atoms with Crippen LogP contribution >= 0.6 is 27.3 Å². The lowest BCUT2D eigenvalue weighted by molar-refractivity contribution is 0.483. The zero-order valence-electron chi connectivity index (χ0n) is 10.8. The van der Waals surface area contributed by atoms with Gasteiger partial charge in [0.25, 0.3) is 0 Å². The van der Waals surface area contributed by atoms with Crippen LogP contribution in [0.4, 0.5) is 5.88 Å². The van der Waals surface area contributed by atoms with Gasteiger partial charge < -0.3 is 9.73 Å². The number of likely N-dealkylation sites (N-methyl/N-ethyl adjacent to an activating group) is 1. The van der Waals surface area contributed by atoms with Crippen LogP contribution in [0.15, 0.2) is 25.1 Å². The minimum absolute atomic E-state index is 0.124. The number of hydrogen-bond donors (Lipinski definition) is 1. The molecule has 0 unspecified atom stereocenters. The molecule has 0 bridgehead atoms. The summed E-state index contributed by atoms with van der Waals surface area (Å²) in [5, 5.41) is 4.70. The highest BCUT2D eigenvalue weighted by Gasteiger charge is 2.12. The fraction of sp³-hybridized carbons (Fsp3) is 0.364. The zero-order chi connectivity index (χ0) is 14.9. The number of halogens is 1. The summed E-state index contributed by atoms with van der Waals surface area (Å²) in [5.74, 6) is 0.323. The van der Waals surface area contributed by atoms with Crippen LogP contribution in [0.25, 0.3) is 10.3 Å². The van der Waals surface area contributed by atoms with Crippen molar-refractivity contribution in [2.45, 2.75) is 0 Å². The molecular weight excluding hydrogens is 368 g/mol. The first-order valence-electron chi connectivity index (χ1n) is 5.65. The Morgan fingerprint density at radius 1 is 1.50 bits per heavy atom. The molecule has 2 rings (SSSR count). The molecule has 110 valence electrons. The molecule has 0 aliphatic rings. The second-order valence-electron chi connectivity index (χ2n) is 4.23. The van der Waals surface area contributed by atoms with E-state index in [4.69, 9.17) is 4.42 Å². The molecule has 0 amide bonds. The van der Waals surface area contributed by atoms with Gasteiger partial charge >= 0.3 is 0 Å². The molecule has 0 radical (unpaired) electrons. The van der Waals surface area contributed by atoms with Gasteiger partial charge in [0.1, 0.15) is 4.70 Å². The second-order valence-corrected chi connectivity index (χ2v) is 8.05. The molecule has 6 nitrogen and oxygen atoms in total. The van der Waals surface area contributed by atoms with Gasteiger partial charge in [-0.15, -0.1) is 11.3 Å². The normalized spacial score (nSPS) is 12.2. The van der Waals surface area contributed by atoms with Gasteiger partial charge in [-0.25, -0.2) is 12.7 Å². The van der Waals surface area contributed by atoms with E-state index in [9.17, 15) is 13.2 Å². The molecule has 0 fully saturated rings. The number of nitrogens with zero attached hydrogens (tertiary/aromatic N) is 1. The minimum Gasteiger partial charge on any atom is -0.438 e. The third kappa shape index (κ3) is 3.40. The summed E-state index contributed by atoms with van der Waals surface area (Å²) in [7, 11) is -1.71. The number of nitrogens with one attached hydrogen (secondary N) is 1. The standard InChI is InChI=1S/C11H13BrN2O4S2/c1-14(20(2,16)17)4-3-13-9-5-8(15)11-10(18-9)7(12)6-19-11/h5-6,13H,3-4H2,1-2H3. The lowest BCUT2D eigenvalue weighted by Crippen LogP contribution is -2.30. The summed E-state index contributed by atoms with van der Waals surface area (Å²) in [6.07, 6.45) is 1.14. The molecule has 0 aliphatic carbocycles. The molecule has 1 N–H and O–H groups in total.